The molecule has 1 rings (SSSR count). The number of hydrogen-bond donors (Lipinski definition) is 4. The van der Waals surface area contributed by atoms with E-state index in [1.54, 1.807) is 0 Å². The predicted molar refractivity (Wildman–Crippen MR) is 45.5 cm³/mol. The number of hydrogen-bond acceptors (Lipinski definition) is 6. The third-order valence-corrected chi connectivity index (χ3v) is 1.38. The first-order valence-electron chi connectivity index (χ1n) is 3.55. The van der Waals surface area contributed by atoms with Gasteiger partial charge >= 0.3 is 0 Å². The summed E-state index contributed by atoms with van der Waals surface area (Å²) < 4.78 is 1.13. The van der Waals surface area contributed by atoms with Crippen LogP contribution in [0.3, 0.4) is 0 Å². The molecule has 0 radical (unpaired) electrons. The van der Waals surface area contributed by atoms with Crippen molar-refractivity contribution in [2.45, 2.75) is 6.54 Å². The van der Waals surface area contributed by atoms with E-state index in [0.717, 1.165) is 4.68 Å². The highest BCUT2D eigenvalue weighted by molar-refractivity contribution is 5.75. The van der Waals surface area contributed by atoms with Crippen molar-refractivity contribution in [3.63, 3.8) is 0 Å². The Morgan fingerprint density at radius 2 is 2.23 bits per heavy atom. The van der Waals surface area contributed by atoms with Crippen LogP contribution >= 0.6 is 0 Å². The topological polar surface area (TPSA) is 138 Å². The van der Waals surface area contributed by atoms with E-state index in [9.17, 15) is 4.79 Å². The van der Waals surface area contributed by atoms with Gasteiger partial charge in [-0.2, -0.15) is 0 Å². The van der Waals surface area contributed by atoms with Gasteiger partial charge in [-0.05, 0) is 0 Å². The maximum Gasteiger partial charge on any atom is 0.240 e. The minimum absolute atomic E-state index is 0.0623. The fourth-order valence-corrected chi connectivity index (χ4v) is 0.756. The second-order valence-electron chi connectivity index (χ2n) is 2.41. The minimum Gasteiger partial charge on any atom is -0.369 e. The summed E-state index contributed by atoms with van der Waals surface area (Å²) in [5.74, 6) is 5.55. The second-order valence-corrected chi connectivity index (χ2v) is 2.41. The fourth-order valence-electron chi connectivity index (χ4n) is 0.756. The standard InChI is InChI=1S/C5H11N7O/c6-3(13)1-9-2-4-10-11-5(7)12(4)8/h9H,1-2,8H2,(H2,6,13)(H2,7,11). The molecule has 0 aliphatic carbocycles. The summed E-state index contributed by atoms with van der Waals surface area (Å²) >= 11 is 0. The lowest BCUT2D eigenvalue weighted by Crippen LogP contribution is -2.30. The lowest BCUT2D eigenvalue weighted by atomic mass is 10.5. The average molecular weight is 185 g/mol. The normalized spacial score (nSPS) is 10.2. The molecule has 0 spiro atoms. The Bertz CT molecular complexity index is 306. The number of primary amides is 1. The van der Waals surface area contributed by atoms with Crippen LogP contribution in [0.1, 0.15) is 5.82 Å². The van der Waals surface area contributed by atoms with Crippen molar-refractivity contribution in [3.05, 3.63) is 5.82 Å². The minimum atomic E-state index is -0.448. The molecule has 0 aliphatic heterocycles. The Kier molecular flexibility index (Phi) is 2.65. The molecular formula is C5H11N7O. The van der Waals surface area contributed by atoms with Gasteiger partial charge in [-0.25, -0.2) is 4.68 Å². The third kappa shape index (κ3) is 2.30. The zero-order valence-electron chi connectivity index (χ0n) is 6.90. The van der Waals surface area contributed by atoms with Gasteiger partial charge in [0.25, 0.3) is 0 Å². The molecular weight excluding hydrogens is 174 g/mol. The van der Waals surface area contributed by atoms with Crippen molar-refractivity contribution in [1.82, 2.24) is 20.2 Å². The molecule has 13 heavy (non-hydrogen) atoms. The third-order valence-electron chi connectivity index (χ3n) is 1.38. The van der Waals surface area contributed by atoms with E-state index >= 15 is 0 Å². The van der Waals surface area contributed by atoms with Crippen molar-refractivity contribution in [3.8, 4) is 0 Å². The first kappa shape index (κ1) is 9.26. The van der Waals surface area contributed by atoms with Crippen LogP contribution in [-0.4, -0.2) is 27.3 Å². The number of aromatic nitrogens is 3. The zero-order valence-corrected chi connectivity index (χ0v) is 6.90. The van der Waals surface area contributed by atoms with Crippen molar-refractivity contribution in [1.29, 1.82) is 0 Å². The molecule has 1 amide bonds. The Hall–Kier alpha value is -1.83. The zero-order chi connectivity index (χ0) is 9.84. The van der Waals surface area contributed by atoms with Gasteiger partial charge in [-0.1, -0.05) is 0 Å². The Morgan fingerprint density at radius 3 is 2.69 bits per heavy atom. The average Bonchev–Trinajstić information content (AvgIpc) is 2.35. The van der Waals surface area contributed by atoms with Gasteiger partial charge in [0.1, 0.15) is 0 Å². The van der Waals surface area contributed by atoms with E-state index in [1.165, 1.54) is 0 Å². The number of carbonyl (C=O) groups is 1. The van der Waals surface area contributed by atoms with Crippen LogP contribution in [-0.2, 0) is 11.3 Å². The van der Waals surface area contributed by atoms with Crippen LogP contribution in [0, 0.1) is 0 Å². The first-order valence-corrected chi connectivity index (χ1v) is 3.55. The van der Waals surface area contributed by atoms with E-state index in [1.807, 2.05) is 0 Å². The fraction of sp³-hybridized carbons (Fsp3) is 0.400. The molecule has 1 heterocycles. The molecule has 72 valence electrons. The van der Waals surface area contributed by atoms with E-state index in [0.29, 0.717) is 12.4 Å². The van der Waals surface area contributed by atoms with E-state index in [-0.39, 0.29) is 12.5 Å². The number of nitrogens with zero attached hydrogens (tertiary/aromatic N) is 3. The number of nitrogens with two attached hydrogens (primary N) is 3. The van der Waals surface area contributed by atoms with E-state index < -0.39 is 5.91 Å². The quantitative estimate of drug-likeness (QED) is 0.372. The van der Waals surface area contributed by atoms with Gasteiger partial charge in [-0.3, -0.25) is 4.79 Å². The molecule has 0 aliphatic rings. The van der Waals surface area contributed by atoms with Gasteiger partial charge in [0.15, 0.2) is 5.82 Å². The van der Waals surface area contributed by atoms with Crippen LogP contribution in [0.25, 0.3) is 0 Å². The highest BCUT2D eigenvalue weighted by Crippen LogP contribution is 1.95. The van der Waals surface area contributed by atoms with Gasteiger partial charge in [0, 0.05) is 0 Å². The summed E-state index contributed by atoms with van der Waals surface area (Å²) in [6.45, 7) is 0.358. The summed E-state index contributed by atoms with van der Waals surface area (Å²) in [4.78, 5) is 10.3. The predicted octanol–water partition coefficient (Wildman–Crippen LogP) is -2.85. The molecule has 0 atom stereocenters. The second kappa shape index (κ2) is 3.72. The largest absolute Gasteiger partial charge is 0.369 e. The molecule has 0 unspecified atom stereocenters. The number of rotatable bonds is 4. The van der Waals surface area contributed by atoms with Crippen molar-refractivity contribution < 1.29 is 4.79 Å². The van der Waals surface area contributed by atoms with E-state index in [2.05, 4.69) is 15.5 Å². The smallest absolute Gasteiger partial charge is 0.240 e. The number of amides is 1. The molecule has 1 aromatic rings. The lowest BCUT2D eigenvalue weighted by molar-refractivity contribution is -0.117. The number of carbonyl (C=O) groups excluding carboxylic acids is 1. The molecule has 8 nitrogen and oxygen atoms in total. The Balaban J connectivity index is 2.45. The Labute approximate surface area is 74.1 Å². The summed E-state index contributed by atoms with van der Waals surface area (Å²) in [7, 11) is 0. The van der Waals surface area contributed by atoms with Crippen LogP contribution < -0.4 is 22.6 Å². The molecule has 0 bridgehead atoms. The maximum absolute atomic E-state index is 10.3. The highest BCUT2D eigenvalue weighted by atomic mass is 16.1. The molecule has 0 saturated carbocycles. The molecule has 8 heteroatoms. The maximum atomic E-state index is 10.3. The summed E-state index contributed by atoms with van der Waals surface area (Å²) in [5, 5.41) is 9.91. The molecule has 1 aromatic heterocycles. The SMILES string of the molecule is NC(=O)CNCc1nnc(N)n1N. The van der Waals surface area contributed by atoms with Gasteiger partial charge < -0.3 is 22.6 Å². The molecule has 0 aromatic carbocycles. The summed E-state index contributed by atoms with van der Waals surface area (Å²) in [5.41, 5.74) is 10.2. The first-order chi connectivity index (χ1) is 6.11. The van der Waals surface area contributed by atoms with Crippen molar-refractivity contribution in [2.24, 2.45) is 5.73 Å². The number of anilines is 1. The number of nitrogen functional groups attached to an aromatic ring is 2. The van der Waals surface area contributed by atoms with Gasteiger partial charge in [-0.15, -0.1) is 10.2 Å². The summed E-state index contributed by atoms with van der Waals surface area (Å²) in [6, 6.07) is 0. The monoisotopic (exact) mass is 185 g/mol. The molecule has 7 N–H and O–H groups in total. The Morgan fingerprint density at radius 1 is 1.54 bits per heavy atom. The van der Waals surface area contributed by atoms with Crippen molar-refractivity contribution >= 4 is 11.9 Å². The summed E-state index contributed by atoms with van der Waals surface area (Å²) in [6.07, 6.45) is 0. The number of nitrogens with one attached hydrogen (secondary N) is 1. The van der Waals surface area contributed by atoms with Crippen LogP contribution in [0.5, 0.6) is 0 Å². The lowest BCUT2D eigenvalue weighted by Gasteiger charge is -2.01. The van der Waals surface area contributed by atoms with E-state index in [4.69, 9.17) is 17.3 Å². The van der Waals surface area contributed by atoms with Crippen LogP contribution in [0.2, 0.25) is 0 Å². The highest BCUT2D eigenvalue weighted by Gasteiger charge is 2.05. The van der Waals surface area contributed by atoms with Gasteiger partial charge in [0.2, 0.25) is 11.9 Å². The molecule has 0 saturated heterocycles. The van der Waals surface area contributed by atoms with Crippen molar-refractivity contribution in [2.75, 3.05) is 18.1 Å². The van der Waals surface area contributed by atoms with Crippen LogP contribution in [0.15, 0.2) is 0 Å². The van der Waals surface area contributed by atoms with Crippen LogP contribution in [0.4, 0.5) is 5.95 Å². The van der Waals surface area contributed by atoms with Gasteiger partial charge in [0.05, 0.1) is 13.1 Å². The molecule has 0 fully saturated rings.